The average Bonchev–Trinajstić information content (AvgIpc) is 3.74. The van der Waals surface area contributed by atoms with E-state index in [9.17, 15) is 14.7 Å². The summed E-state index contributed by atoms with van der Waals surface area (Å²) in [4.78, 5) is 28.6. The van der Waals surface area contributed by atoms with E-state index in [1.54, 1.807) is 4.90 Å². The minimum atomic E-state index is -1.74. The van der Waals surface area contributed by atoms with E-state index >= 15 is 0 Å². The van der Waals surface area contributed by atoms with Gasteiger partial charge in [-0.15, -0.1) is 22.7 Å². The topological polar surface area (TPSA) is 76.1 Å². The van der Waals surface area contributed by atoms with Crippen LogP contribution in [0.3, 0.4) is 0 Å². The summed E-state index contributed by atoms with van der Waals surface area (Å²) in [6.45, 7) is 7.52. The maximum absolute atomic E-state index is 13.6. The molecule has 4 atom stereocenters. The van der Waals surface area contributed by atoms with Gasteiger partial charge in [0.25, 0.3) is 0 Å². The van der Waals surface area contributed by atoms with Crippen LogP contribution < -0.4 is 0 Å². The summed E-state index contributed by atoms with van der Waals surface area (Å²) in [6, 6.07) is 7.85. The van der Waals surface area contributed by atoms with E-state index in [1.165, 1.54) is 48.4 Å². The molecule has 42 heavy (non-hydrogen) atoms. The van der Waals surface area contributed by atoms with Crippen molar-refractivity contribution in [1.29, 1.82) is 0 Å². The number of amides is 1. The molecule has 2 heterocycles. The van der Waals surface area contributed by atoms with E-state index in [0.29, 0.717) is 27.6 Å². The lowest BCUT2D eigenvalue weighted by atomic mass is 9.92. The molecular weight excluding hydrogens is 569 g/mol. The van der Waals surface area contributed by atoms with Crippen molar-refractivity contribution in [2.24, 2.45) is 11.8 Å². The molecule has 2 aromatic heterocycles. The first-order valence-corrected chi connectivity index (χ1v) is 17.4. The molecule has 1 N–H and O–H groups in total. The molecule has 4 unspecified atom stereocenters. The lowest BCUT2D eigenvalue weighted by Crippen LogP contribution is -2.52. The van der Waals surface area contributed by atoms with Crippen LogP contribution in [0.1, 0.15) is 88.3 Å². The molecule has 4 rings (SSSR count). The molecule has 234 valence electrons. The Bertz CT molecular complexity index is 1110. The molecule has 0 radical (unpaired) electrons. The van der Waals surface area contributed by atoms with Crippen LogP contribution in [0.2, 0.25) is 0 Å². The van der Waals surface area contributed by atoms with Gasteiger partial charge < -0.3 is 24.0 Å². The largest absolute Gasteiger partial charge is 0.459 e. The Morgan fingerprint density at radius 2 is 1.57 bits per heavy atom. The van der Waals surface area contributed by atoms with Crippen LogP contribution in [0, 0.1) is 11.8 Å². The zero-order valence-electron chi connectivity index (χ0n) is 26.3. The fourth-order valence-electron chi connectivity index (χ4n) is 6.89. The maximum atomic E-state index is 13.6. The van der Waals surface area contributed by atoms with Gasteiger partial charge in [0.05, 0.1) is 36.4 Å². The minimum absolute atomic E-state index is 0.120. The van der Waals surface area contributed by atoms with E-state index in [4.69, 9.17) is 9.47 Å². The Kier molecular flexibility index (Phi) is 10.8. The monoisotopic (exact) mass is 619 g/mol. The molecule has 2 bridgehead atoms. The van der Waals surface area contributed by atoms with Crippen LogP contribution in [0.25, 0.3) is 0 Å². The van der Waals surface area contributed by atoms with Crippen molar-refractivity contribution in [2.75, 3.05) is 34.2 Å². The lowest BCUT2D eigenvalue weighted by molar-refractivity contribution is -0.918. The first kappa shape index (κ1) is 33.0. The van der Waals surface area contributed by atoms with Gasteiger partial charge in [0.2, 0.25) is 5.60 Å². The summed E-state index contributed by atoms with van der Waals surface area (Å²) >= 11 is 2.78. The predicted octanol–water partition coefficient (Wildman–Crippen LogP) is 7.04. The quantitative estimate of drug-likeness (QED) is 0.140. The molecule has 0 saturated heterocycles. The van der Waals surface area contributed by atoms with E-state index < -0.39 is 17.2 Å². The van der Waals surface area contributed by atoms with Gasteiger partial charge in [0.15, 0.2) is 0 Å². The lowest BCUT2D eigenvalue weighted by Gasteiger charge is -2.40. The van der Waals surface area contributed by atoms with Gasteiger partial charge in [0.1, 0.15) is 11.7 Å². The van der Waals surface area contributed by atoms with Crippen LogP contribution >= 0.6 is 22.7 Å². The number of quaternary nitrogens is 1. The second kappa shape index (κ2) is 13.8. The molecule has 2 aromatic rings. The first-order valence-electron chi connectivity index (χ1n) is 15.6. The third-order valence-electron chi connectivity index (χ3n) is 9.17. The number of carbonyl (C=O) groups is 2. The Morgan fingerprint density at radius 3 is 2.14 bits per heavy atom. The Morgan fingerprint density at radius 1 is 0.976 bits per heavy atom. The van der Waals surface area contributed by atoms with Crippen molar-refractivity contribution in [3.8, 4) is 0 Å². The van der Waals surface area contributed by atoms with Crippen molar-refractivity contribution in [1.82, 2.24) is 4.90 Å². The number of thiophene rings is 2. The van der Waals surface area contributed by atoms with Crippen molar-refractivity contribution in [2.45, 2.75) is 102 Å². The summed E-state index contributed by atoms with van der Waals surface area (Å²) in [6.07, 6.45) is 9.78. The van der Waals surface area contributed by atoms with Gasteiger partial charge in [-0.2, -0.15) is 0 Å². The number of aliphatic hydroxyl groups is 1. The number of esters is 1. The summed E-state index contributed by atoms with van der Waals surface area (Å²) < 4.78 is 12.6. The van der Waals surface area contributed by atoms with Gasteiger partial charge in [0, 0.05) is 31.8 Å². The smallest absolute Gasteiger partial charge is 0.410 e. The zero-order valence-corrected chi connectivity index (χ0v) is 28.0. The van der Waals surface area contributed by atoms with E-state index in [1.807, 2.05) is 62.8 Å². The van der Waals surface area contributed by atoms with E-state index in [0.717, 1.165) is 49.7 Å². The van der Waals surface area contributed by atoms with Gasteiger partial charge in [-0.05, 0) is 75.8 Å². The fourth-order valence-corrected chi connectivity index (χ4v) is 8.61. The molecule has 0 aliphatic heterocycles. The first-order chi connectivity index (χ1) is 19.8. The normalized spacial score (nSPS) is 22.4. The Balaban J connectivity index is 1.21. The molecule has 0 spiro atoms. The van der Waals surface area contributed by atoms with Crippen molar-refractivity contribution in [3.05, 3.63) is 44.8 Å². The summed E-state index contributed by atoms with van der Waals surface area (Å²) in [7, 11) is 6.48. The van der Waals surface area contributed by atoms with Crippen molar-refractivity contribution in [3.63, 3.8) is 0 Å². The van der Waals surface area contributed by atoms with Crippen LogP contribution in [-0.2, 0) is 19.9 Å². The third kappa shape index (κ3) is 7.76. The third-order valence-corrected chi connectivity index (χ3v) is 11.1. The fraction of sp³-hybridized carbons (Fsp3) is 0.697. The molecule has 2 aliphatic carbocycles. The molecule has 2 aliphatic rings. The minimum Gasteiger partial charge on any atom is -0.459 e. The Hall–Kier alpha value is -1.94. The number of hydrogen-bond acceptors (Lipinski definition) is 7. The molecular formula is C33H51N2O5S2+. The molecule has 9 heteroatoms. The Labute approximate surface area is 260 Å². The number of rotatable bonds is 14. The predicted molar refractivity (Wildman–Crippen MR) is 170 cm³/mol. The second-order valence-corrected chi connectivity index (χ2v) is 15.8. The number of nitrogens with zero attached hydrogens (tertiary/aromatic N) is 2. The highest BCUT2D eigenvalue weighted by atomic mass is 32.1. The molecule has 2 fully saturated rings. The van der Waals surface area contributed by atoms with Crippen LogP contribution in [0.5, 0.6) is 0 Å². The molecule has 2 saturated carbocycles. The van der Waals surface area contributed by atoms with Crippen LogP contribution in [0.15, 0.2) is 35.0 Å². The maximum Gasteiger partial charge on any atom is 0.410 e. The highest BCUT2D eigenvalue weighted by molar-refractivity contribution is 7.12. The summed E-state index contributed by atoms with van der Waals surface area (Å²) in [5.74, 6) is 0.181. The highest BCUT2D eigenvalue weighted by Crippen LogP contribution is 2.51. The number of hydrogen-bond donors (Lipinski definition) is 1. The SMILES string of the molecule is CN(CCCCCCCC[N+](C)(C)C1CC2CCC1C2OC(=O)C(O)(c1cccs1)c1cccs1)C(=O)OC(C)(C)C. The summed E-state index contributed by atoms with van der Waals surface area (Å²) in [5.41, 5.74) is -2.20. The molecule has 0 aromatic carbocycles. The van der Waals surface area contributed by atoms with E-state index in [2.05, 4.69) is 14.1 Å². The van der Waals surface area contributed by atoms with E-state index in [-0.39, 0.29) is 12.2 Å². The number of unbranched alkanes of at least 4 members (excludes halogenated alkanes) is 5. The molecule has 1 amide bonds. The number of ether oxygens (including phenoxy) is 2. The zero-order chi connectivity index (χ0) is 30.5. The van der Waals surface area contributed by atoms with Crippen LogP contribution in [0.4, 0.5) is 4.79 Å². The van der Waals surface area contributed by atoms with Gasteiger partial charge in [-0.1, -0.05) is 31.4 Å². The number of carbonyl (C=O) groups excluding carboxylic acids is 2. The standard InChI is InChI=1S/C33H51N2O5S2/c1-32(2,3)40-31(37)34(4)19-11-9-7-8-10-12-20-35(5,6)26-23-24-17-18-25(26)29(24)39-30(36)33(38,27-15-13-21-41-27)28-16-14-22-42-28/h13-16,21-22,24-26,29,38H,7-12,17-20,23H2,1-6H3/q+1. The van der Waals surface area contributed by atoms with Crippen molar-refractivity contribution < 1.29 is 28.7 Å². The van der Waals surface area contributed by atoms with Crippen molar-refractivity contribution >= 4 is 34.7 Å². The second-order valence-electron chi connectivity index (χ2n) is 13.9. The van der Waals surface area contributed by atoms with Gasteiger partial charge >= 0.3 is 12.1 Å². The highest BCUT2D eigenvalue weighted by Gasteiger charge is 2.57. The molecule has 7 nitrogen and oxygen atoms in total. The average molecular weight is 620 g/mol. The van der Waals surface area contributed by atoms with Crippen LogP contribution in [-0.4, -0.2) is 78.5 Å². The number of fused-ring (bicyclic) bond motifs is 2. The summed E-state index contributed by atoms with van der Waals surface area (Å²) in [5, 5.41) is 15.5. The van der Waals surface area contributed by atoms with Gasteiger partial charge in [-0.25, -0.2) is 9.59 Å². The van der Waals surface area contributed by atoms with Gasteiger partial charge in [-0.3, -0.25) is 0 Å².